The fourth-order valence-electron chi connectivity index (χ4n) is 2.00. The Morgan fingerprint density at radius 1 is 1.43 bits per heavy atom. The molecular weight excluding hydrogens is 270 g/mol. The lowest BCUT2D eigenvalue weighted by molar-refractivity contribution is -0.384. The molecule has 0 atom stereocenters. The summed E-state index contributed by atoms with van der Waals surface area (Å²) >= 11 is 0. The average Bonchev–Trinajstić information content (AvgIpc) is 3.30. The van der Waals surface area contributed by atoms with E-state index in [1.54, 1.807) is 23.1 Å². The first-order valence-electron chi connectivity index (χ1n) is 6.72. The van der Waals surface area contributed by atoms with Crippen LogP contribution in [0.25, 0.3) is 6.08 Å². The van der Waals surface area contributed by atoms with Gasteiger partial charge in [-0.15, -0.1) is 0 Å². The van der Waals surface area contributed by atoms with Gasteiger partial charge in [0.25, 0.3) is 5.69 Å². The maximum atomic E-state index is 12.1. The smallest absolute Gasteiger partial charge is 0.269 e. The Kier molecular flexibility index (Phi) is 4.67. The predicted octanol–water partition coefficient (Wildman–Crippen LogP) is 2.51. The highest BCUT2D eigenvalue weighted by molar-refractivity contribution is 5.92. The predicted molar refractivity (Wildman–Crippen MR) is 77.1 cm³/mol. The van der Waals surface area contributed by atoms with Crippen LogP contribution in [0.2, 0.25) is 0 Å². The first-order chi connectivity index (χ1) is 10.1. The van der Waals surface area contributed by atoms with Crippen LogP contribution >= 0.6 is 0 Å². The van der Waals surface area contributed by atoms with Crippen LogP contribution in [0.15, 0.2) is 30.3 Å². The number of rotatable bonds is 6. The molecule has 6 nitrogen and oxygen atoms in total. The topological polar surface area (TPSA) is 87.2 Å². The molecule has 0 aliphatic heterocycles. The average molecular weight is 285 g/mol. The molecule has 0 saturated heterocycles. The molecule has 0 radical (unpaired) electrons. The zero-order valence-corrected chi connectivity index (χ0v) is 11.4. The molecule has 1 aromatic rings. The molecular formula is C15H15N3O3. The SMILES string of the molecule is N#CCCN(C(=O)/C=C/c1ccc([N+](=O)[O-])cc1)C1CC1. The first-order valence-corrected chi connectivity index (χ1v) is 6.72. The van der Waals surface area contributed by atoms with Crippen molar-refractivity contribution in [3.63, 3.8) is 0 Å². The van der Waals surface area contributed by atoms with Gasteiger partial charge in [-0.3, -0.25) is 14.9 Å². The van der Waals surface area contributed by atoms with Crippen molar-refractivity contribution in [2.75, 3.05) is 6.54 Å². The molecule has 0 spiro atoms. The lowest BCUT2D eigenvalue weighted by atomic mass is 10.2. The first kappa shape index (κ1) is 14.7. The molecule has 1 aliphatic carbocycles. The summed E-state index contributed by atoms with van der Waals surface area (Å²) < 4.78 is 0. The van der Waals surface area contributed by atoms with E-state index in [4.69, 9.17) is 5.26 Å². The zero-order chi connectivity index (χ0) is 15.2. The van der Waals surface area contributed by atoms with Gasteiger partial charge in [0.15, 0.2) is 0 Å². The van der Waals surface area contributed by atoms with Gasteiger partial charge in [0, 0.05) is 30.8 Å². The molecule has 0 bridgehead atoms. The molecule has 108 valence electrons. The quantitative estimate of drug-likeness (QED) is 0.456. The van der Waals surface area contributed by atoms with E-state index in [0.29, 0.717) is 13.0 Å². The number of nitro groups is 1. The Balaban J connectivity index is 2.00. The lowest BCUT2D eigenvalue weighted by Crippen LogP contribution is -2.32. The van der Waals surface area contributed by atoms with Gasteiger partial charge in [0.2, 0.25) is 5.91 Å². The summed E-state index contributed by atoms with van der Waals surface area (Å²) in [6, 6.07) is 8.30. The van der Waals surface area contributed by atoms with Crippen molar-refractivity contribution in [1.29, 1.82) is 5.26 Å². The molecule has 0 aromatic heterocycles. The maximum absolute atomic E-state index is 12.1. The number of carbonyl (C=O) groups is 1. The Morgan fingerprint density at radius 2 is 2.10 bits per heavy atom. The van der Waals surface area contributed by atoms with Gasteiger partial charge in [-0.2, -0.15) is 5.26 Å². The van der Waals surface area contributed by atoms with Crippen LogP contribution in [0.3, 0.4) is 0 Å². The summed E-state index contributed by atoms with van der Waals surface area (Å²) in [6.45, 7) is 0.449. The second-order valence-corrected chi connectivity index (χ2v) is 4.85. The van der Waals surface area contributed by atoms with E-state index in [1.807, 2.05) is 6.07 Å². The monoisotopic (exact) mass is 285 g/mol. The summed E-state index contributed by atoms with van der Waals surface area (Å²) in [5.74, 6) is -0.119. The summed E-state index contributed by atoms with van der Waals surface area (Å²) in [7, 11) is 0. The van der Waals surface area contributed by atoms with E-state index in [-0.39, 0.29) is 17.6 Å². The highest BCUT2D eigenvalue weighted by Crippen LogP contribution is 2.27. The maximum Gasteiger partial charge on any atom is 0.269 e. The van der Waals surface area contributed by atoms with Gasteiger partial charge in [-0.1, -0.05) is 0 Å². The van der Waals surface area contributed by atoms with Gasteiger partial charge in [-0.05, 0) is 36.6 Å². The number of nitrogens with zero attached hydrogens (tertiary/aromatic N) is 3. The Hall–Kier alpha value is -2.68. The van der Waals surface area contributed by atoms with Crippen LogP contribution < -0.4 is 0 Å². The number of amides is 1. The minimum absolute atomic E-state index is 0.0205. The van der Waals surface area contributed by atoms with Crippen LogP contribution in [-0.2, 0) is 4.79 Å². The Morgan fingerprint density at radius 3 is 2.62 bits per heavy atom. The largest absolute Gasteiger partial charge is 0.335 e. The molecule has 21 heavy (non-hydrogen) atoms. The van der Waals surface area contributed by atoms with Crippen molar-refractivity contribution >= 4 is 17.7 Å². The number of nitro benzene ring substituents is 1. The number of benzene rings is 1. The lowest BCUT2D eigenvalue weighted by Gasteiger charge is -2.19. The summed E-state index contributed by atoms with van der Waals surface area (Å²) in [5.41, 5.74) is 0.747. The van der Waals surface area contributed by atoms with E-state index in [9.17, 15) is 14.9 Å². The van der Waals surface area contributed by atoms with Crippen molar-refractivity contribution in [2.45, 2.75) is 25.3 Å². The highest BCUT2D eigenvalue weighted by Gasteiger charge is 2.30. The third-order valence-electron chi connectivity index (χ3n) is 3.26. The number of non-ortho nitro benzene ring substituents is 1. The van der Waals surface area contributed by atoms with Crippen LogP contribution in [-0.4, -0.2) is 28.3 Å². The Labute approximate surface area is 122 Å². The minimum Gasteiger partial charge on any atom is -0.335 e. The van der Waals surface area contributed by atoms with Gasteiger partial charge >= 0.3 is 0 Å². The normalized spacial score (nSPS) is 13.9. The van der Waals surface area contributed by atoms with Gasteiger partial charge in [-0.25, -0.2) is 0 Å². The van der Waals surface area contributed by atoms with Crippen LogP contribution in [0.4, 0.5) is 5.69 Å². The van der Waals surface area contributed by atoms with Crippen LogP contribution in [0.5, 0.6) is 0 Å². The summed E-state index contributed by atoms with van der Waals surface area (Å²) in [4.78, 5) is 23.9. The van der Waals surface area contributed by atoms with Crippen LogP contribution in [0, 0.1) is 21.4 Å². The van der Waals surface area contributed by atoms with Gasteiger partial charge < -0.3 is 4.90 Å². The molecule has 1 saturated carbocycles. The standard InChI is InChI=1S/C15H15N3O3/c16-10-1-11-17(13-7-8-13)15(19)9-4-12-2-5-14(6-3-12)18(20)21/h2-6,9,13H,1,7-8,11H2/b9-4+. The van der Waals surface area contributed by atoms with E-state index >= 15 is 0 Å². The fraction of sp³-hybridized carbons (Fsp3) is 0.333. The van der Waals surface area contributed by atoms with Crippen molar-refractivity contribution < 1.29 is 9.72 Å². The second-order valence-electron chi connectivity index (χ2n) is 4.85. The highest BCUT2D eigenvalue weighted by atomic mass is 16.6. The van der Waals surface area contributed by atoms with Gasteiger partial charge in [0.1, 0.15) is 0 Å². The molecule has 0 N–H and O–H groups in total. The summed E-state index contributed by atoms with van der Waals surface area (Å²) in [6.07, 6.45) is 5.39. The third kappa shape index (κ3) is 4.14. The van der Waals surface area contributed by atoms with Gasteiger partial charge in [0.05, 0.1) is 17.4 Å². The van der Waals surface area contributed by atoms with E-state index in [0.717, 1.165) is 18.4 Å². The number of carbonyl (C=O) groups excluding carboxylic acids is 1. The number of nitriles is 1. The second kappa shape index (κ2) is 6.66. The summed E-state index contributed by atoms with van der Waals surface area (Å²) in [5, 5.41) is 19.2. The van der Waals surface area contributed by atoms with E-state index in [1.165, 1.54) is 18.2 Å². The molecule has 2 rings (SSSR count). The molecule has 1 fully saturated rings. The van der Waals surface area contributed by atoms with Crippen molar-refractivity contribution in [3.05, 3.63) is 46.0 Å². The molecule has 1 aromatic carbocycles. The molecule has 6 heteroatoms. The van der Waals surface area contributed by atoms with E-state index in [2.05, 4.69) is 0 Å². The van der Waals surface area contributed by atoms with Crippen molar-refractivity contribution in [1.82, 2.24) is 4.90 Å². The zero-order valence-electron chi connectivity index (χ0n) is 11.4. The van der Waals surface area contributed by atoms with E-state index < -0.39 is 4.92 Å². The minimum atomic E-state index is -0.463. The molecule has 1 amide bonds. The number of hydrogen-bond acceptors (Lipinski definition) is 4. The number of hydrogen-bond donors (Lipinski definition) is 0. The fourth-order valence-corrected chi connectivity index (χ4v) is 2.00. The molecule has 1 aliphatic rings. The van der Waals surface area contributed by atoms with Crippen molar-refractivity contribution in [3.8, 4) is 6.07 Å². The van der Waals surface area contributed by atoms with Crippen LogP contribution in [0.1, 0.15) is 24.8 Å². The Bertz CT molecular complexity index is 598. The van der Waals surface area contributed by atoms with Crippen molar-refractivity contribution in [2.24, 2.45) is 0 Å². The third-order valence-corrected chi connectivity index (χ3v) is 3.26. The molecule has 0 heterocycles. The molecule has 0 unspecified atom stereocenters.